The summed E-state index contributed by atoms with van der Waals surface area (Å²) in [5, 5.41) is 3.45. The maximum absolute atomic E-state index is 6.82. The molecule has 12 heteroatoms. The average molecular weight is 589 g/mol. The van der Waals surface area contributed by atoms with E-state index in [4.69, 9.17) is 24.7 Å². The van der Waals surface area contributed by atoms with Crippen LogP contribution in [0, 0.1) is 0 Å². The molecule has 192 valence electrons. The molecule has 2 aliphatic heterocycles. The molecule has 0 saturated carbocycles. The number of hydrogen-bond acceptors (Lipinski definition) is 6. The highest BCUT2D eigenvalue weighted by Gasteiger charge is 2.59. The molecule has 0 bridgehead atoms. The molecule has 6 nitrogen and oxygen atoms in total. The SMILES string of the molecule is C[SiH]1O[SiH](C)O[SiH](C)O1.C[Si]1(c2ccccc2)O[Si](C)(c2ccccc2)O[Si](C)(c2ccccc2)O1. The van der Waals surface area contributed by atoms with Gasteiger partial charge in [-0.2, -0.15) is 0 Å². The second-order valence-electron chi connectivity index (χ2n) is 9.35. The van der Waals surface area contributed by atoms with Gasteiger partial charge in [0.2, 0.25) is 0 Å². The summed E-state index contributed by atoms with van der Waals surface area (Å²) in [6, 6.07) is 31.1. The predicted molar refractivity (Wildman–Crippen MR) is 159 cm³/mol. The van der Waals surface area contributed by atoms with Crippen molar-refractivity contribution in [1.29, 1.82) is 0 Å². The van der Waals surface area contributed by atoms with E-state index in [0.717, 1.165) is 15.6 Å². The van der Waals surface area contributed by atoms with Crippen LogP contribution in [-0.4, -0.2) is 53.5 Å². The van der Waals surface area contributed by atoms with Gasteiger partial charge in [0, 0.05) is 0 Å². The van der Waals surface area contributed by atoms with Crippen LogP contribution in [0.5, 0.6) is 0 Å². The smallest absolute Gasteiger partial charge is 0.352 e. The van der Waals surface area contributed by atoms with E-state index in [9.17, 15) is 0 Å². The molecule has 5 rings (SSSR count). The lowest BCUT2D eigenvalue weighted by Crippen LogP contribution is -2.77. The second kappa shape index (κ2) is 11.6. The van der Waals surface area contributed by atoms with Gasteiger partial charge in [-0.3, -0.25) is 0 Å². The molecule has 0 radical (unpaired) electrons. The second-order valence-corrected chi connectivity index (χ2v) is 25.9. The average Bonchev–Trinajstić information content (AvgIpc) is 2.85. The highest BCUT2D eigenvalue weighted by atomic mass is 28.5. The van der Waals surface area contributed by atoms with Crippen LogP contribution in [0.2, 0.25) is 39.3 Å². The summed E-state index contributed by atoms with van der Waals surface area (Å²) in [5.41, 5.74) is 0. The van der Waals surface area contributed by atoms with E-state index in [0.29, 0.717) is 0 Å². The summed E-state index contributed by atoms with van der Waals surface area (Å²) in [6.45, 7) is 12.7. The molecule has 0 aliphatic carbocycles. The third kappa shape index (κ3) is 6.58. The third-order valence-electron chi connectivity index (χ3n) is 6.21. The molecule has 36 heavy (non-hydrogen) atoms. The molecular weight excluding hydrogens is 553 g/mol. The number of rotatable bonds is 3. The summed E-state index contributed by atoms with van der Waals surface area (Å²) in [5.74, 6) is 0. The van der Waals surface area contributed by atoms with Gasteiger partial charge in [-0.25, -0.2) is 0 Å². The number of benzene rings is 3. The topological polar surface area (TPSA) is 55.4 Å². The monoisotopic (exact) mass is 588 g/mol. The molecule has 0 spiro atoms. The van der Waals surface area contributed by atoms with Crippen LogP contribution in [0.3, 0.4) is 0 Å². The quantitative estimate of drug-likeness (QED) is 0.439. The molecule has 2 heterocycles. The highest BCUT2D eigenvalue weighted by Crippen LogP contribution is 2.30. The van der Waals surface area contributed by atoms with Crippen LogP contribution in [0.1, 0.15) is 0 Å². The lowest BCUT2D eigenvalue weighted by Gasteiger charge is -2.50. The Bertz CT molecular complexity index is 956. The van der Waals surface area contributed by atoms with Crippen molar-refractivity contribution in [2.75, 3.05) is 0 Å². The van der Waals surface area contributed by atoms with Crippen LogP contribution >= 0.6 is 0 Å². The standard InChI is InChI=1S/C21H24O3Si3.C3H12O3Si3/c1-25(19-13-7-4-8-14-19)22-26(2,20-15-9-5-10-16-20)24-27(3,23-25)21-17-11-6-12-18-21;1-7-4-8(2)6-9(3)5-7/h4-18H,1-3H3;7-9H,1-3H3. The zero-order chi connectivity index (χ0) is 25.8. The van der Waals surface area contributed by atoms with Gasteiger partial charge < -0.3 is 24.7 Å². The van der Waals surface area contributed by atoms with E-state index in [1.165, 1.54) is 0 Å². The first-order valence-corrected chi connectivity index (χ1v) is 25.6. The van der Waals surface area contributed by atoms with Crippen molar-refractivity contribution in [1.82, 2.24) is 0 Å². The van der Waals surface area contributed by atoms with Gasteiger partial charge in [-0.15, -0.1) is 0 Å². The van der Waals surface area contributed by atoms with E-state index in [-0.39, 0.29) is 0 Å². The Labute approximate surface area is 223 Å². The first-order valence-electron chi connectivity index (χ1n) is 12.4. The molecular formula is C24H36O6Si6. The van der Waals surface area contributed by atoms with E-state index >= 15 is 0 Å². The van der Waals surface area contributed by atoms with E-state index in [1.54, 1.807) is 0 Å². The molecule has 0 aromatic heterocycles. The van der Waals surface area contributed by atoms with Crippen molar-refractivity contribution in [3.63, 3.8) is 0 Å². The van der Waals surface area contributed by atoms with Crippen molar-refractivity contribution < 1.29 is 24.7 Å². The molecule has 0 unspecified atom stereocenters. The number of hydrogen-bond donors (Lipinski definition) is 0. The Morgan fingerprint density at radius 2 is 0.639 bits per heavy atom. The third-order valence-corrected chi connectivity index (χ3v) is 28.9. The molecule has 3 aromatic carbocycles. The minimum Gasteiger partial charge on any atom is -0.420 e. The van der Waals surface area contributed by atoms with Crippen LogP contribution in [0.15, 0.2) is 91.0 Å². The van der Waals surface area contributed by atoms with Gasteiger partial charge >= 0.3 is 25.7 Å². The summed E-state index contributed by atoms with van der Waals surface area (Å²) in [4.78, 5) is 0. The fraction of sp³-hybridized carbons (Fsp3) is 0.250. The van der Waals surface area contributed by atoms with Crippen molar-refractivity contribution in [3.05, 3.63) is 91.0 Å². The minimum absolute atomic E-state index is 1.15. The molecule has 0 amide bonds. The van der Waals surface area contributed by atoms with Crippen LogP contribution < -0.4 is 15.6 Å². The Balaban J connectivity index is 0.000000286. The zero-order valence-electron chi connectivity index (χ0n) is 21.8. The Morgan fingerprint density at radius 3 is 0.861 bits per heavy atom. The Kier molecular flexibility index (Phi) is 8.96. The van der Waals surface area contributed by atoms with Gasteiger partial charge in [0.15, 0.2) is 0 Å². The summed E-state index contributed by atoms with van der Waals surface area (Å²) >= 11 is 0. The van der Waals surface area contributed by atoms with E-state index < -0.39 is 53.5 Å². The fourth-order valence-corrected chi connectivity index (χ4v) is 29.4. The van der Waals surface area contributed by atoms with Gasteiger partial charge in [0.1, 0.15) is 0 Å². The molecule has 2 aliphatic rings. The summed E-state index contributed by atoms with van der Waals surface area (Å²) in [6.07, 6.45) is 0. The van der Waals surface area contributed by atoms with E-state index in [2.05, 4.69) is 112 Å². The molecule has 2 fully saturated rings. The molecule has 3 aromatic rings. The van der Waals surface area contributed by atoms with Crippen molar-refractivity contribution >= 4 is 69.1 Å². The Morgan fingerprint density at radius 1 is 0.417 bits per heavy atom. The Hall–Kier alpha value is -1.28. The molecule has 0 atom stereocenters. The highest BCUT2D eigenvalue weighted by molar-refractivity contribution is 7.05. The first kappa shape index (κ1) is 27.7. The van der Waals surface area contributed by atoms with Crippen molar-refractivity contribution in [2.45, 2.75) is 39.3 Å². The summed E-state index contributed by atoms with van der Waals surface area (Å²) in [7, 11) is -11.6. The van der Waals surface area contributed by atoms with Crippen LogP contribution in [-0.2, 0) is 24.7 Å². The lowest BCUT2D eigenvalue weighted by molar-refractivity contribution is 0.253. The van der Waals surface area contributed by atoms with Crippen molar-refractivity contribution in [2.24, 2.45) is 0 Å². The van der Waals surface area contributed by atoms with E-state index in [1.807, 2.05) is 18.2 Å². The minimum atomic E-state index is -2.65. The largest absolute Gasteiger partial charge is 0.420 e. The first-order chi connectivity index (χ1) is 17.1. The zero-order valence-corrected chi connectivity index (χ0v) is 28.3. The van der Waals surface area contributed by atoms with Gasteiger partial charge in [-0.05, 0) is 54.8 Å². The molecule has 0 N–H and O–H groups in total. The normalized spacial score (nSPS) is 34.3. The summed E-state index contributed by atoms with van der Waals surface area (Å²) < 4.78 is 36.7. The van der Waals surface area contributed by atoms with Crippen LogP contribution in [0.4, 0.5) is 0 Å². The molecule has 2 saturated heterocycles. The van der Waals surface area contributed by atoms with Gasteiger partial charge in [0.25, 0.3) is 27.9 Å². The predicted octanol–water partition coefficient (Wildman–Crippen LogP) is 2.59. The van der Waals surface area contributed by atoms with Gasteiger partial charge in [-0.1, -0.05) is 91.0 Å². The van der Waals surface area contributed by atoms with Gasteiger partial charge in [0.05, 0.1) is 0 Å². The maximum atomic E-state index is 6.82. The van der Waals surface area contributed by atoms with Crippen molar-refractivity contribution in [3.8, 4) is 0 Å². The van der Waals surface area contributed by atoms with Crippen LogP contribution in [0.25, 0.3) is 0 Å². The maximum Gasteiger partial charge on any atom is 0.352 e. The fourth-order valence-electron chi connectivity index (χ4n) is 4.66. The lowest BCUT2D eigenvalue weighted by atomic mass is 10.4.